The summed E-state index contributed by atoms with van der Waals surface area (Å²) in [5.74, 6) is 0.0642. The lowest BCUT2D eigenvalue weighted by Gasteiger charge is -2.17. The highest BCUT2D eigenvalue weighted by Gasteiger charge is 2.20. The molecule has 0 unspecified atom stereocenters. The maximum Gasteiger partial charge on any atom is 0.265 e. The van der Waals surface area contributed by atoms with Gasteiger partial charge in [-0.2, -0.15) is 0 Å². The molecular formula is C22H26N2O4. The van der Waals surface area contributed by atoms with Crippen LogP contribution in [0.2, 0.25) is 0 Å². The van der Waals surface area contributed by atoms with E-state index in [0.717, 1.165) is 25.0 Å². The highest BCUT2D eigenvalue weighted by Crippen LogP contribution is 2.18. The molecule has 148 valence electrons. The van der Waals surface area contributed by atoms with E-state index in [9.17, 15) is 9.59 Å². The summed E-state index contributed by atoms with van der Waals surface area (Å²) < 4.78 is 11.2. The summed E-state index contributed by atoms with van der Waals surface area (Å²) in [6.07, 6.45) is 1.33. The van der Waals surface area contributed by atoms with E-state index in [1.165, 1.54) is 0 Å². The standard InChI is InChI=1S/C22H26N2O4/c1-15-9-11-17(12-10-15)28-16(2)21(25)24-20-8-4-3-7-19(20)22(26)23-14-18-6-5-13-27-18/h3-4,7-12,16,18H,5-6,13-14H2,1-2H3,(H,23,26)(H,24,25)/t16-,18+/m0/s1. The Morgan fingerprint density at radius 2 is 1.93 bits per heavy atom. The molecule has 1 saturated heterocycles. The van der Waals surface area contributed by atoms with Crippen molar-refractivity contribution in [2.45, 2.75) is 38.9 Å². The van der Waals surface area contributed by atoms with E-state index in [1.807, 2.05) is 31.2 Å². The normalized spacial score (nSPS) is 17.0. The average Bonchev–Trinajstić information content (AvgIpc) is 3.22. The number of para-hydroxylation sites is 1. The van der Waals surface area contributed by atoms with Crippen molar-refractivity contribution < 1.29 is 19.1 Å². The van der Waals surface area contributed by atoms with Crippen molar-refractivity contribution in [1.82, 2.24) is 5.32 Å². The van der Waals surface area contributed by atoms with Crippen LogP contribution >= 0.6 is 0 Å². The van der Waals surface area contributed by atoms with Crippen LogP contribution in [0, 0.1) is 6.92 Å². The van der Waals surface area contributed by atoms with E-state index in [-0.39, 0.29) is 17.9 Å². The Kier molecular flexibility index (Phi) is 6.66. The maximum absolute atomic E-state index is 12.5. The number of amides is 2. The molecular weight excluding hydrogens is 356 g/mol. The molecule has 3 rings (SSSR count). The molecule has 1 heterocycles. The summed E-state index contributed by atoms with van der Waals surface area (Å²) in [6, 6.07) is 14.4. The highest BCUT2D eigenvalue weighted by molar-refractivity contribution is 6.04. The molecule has 6 nitrogen and oxygen atoms in total. The second-order valence-electron chi connectivity index (χ2n) is 6.95. The fraction of sp³-hybridized carbons (Fsp3) is 0.364. The van der Waals surface area contributed by atoms with Gasteiger partial charge in [0, 0.05) is 13.2 Å². The zero-order valence-corrected chi connectivity index (χ0v) is 16.2. The van der Waals surface area contributed by atoms with Crippen LogP contribution in [-0.4, -0.2) is 37.2 Å². The maximum atomic E-state index is 12.5. The van der Waals surface area contributed by atoms with E-state index in [2.05, 4.69) is 10.6 Å². The first-order valence-corrected chi connectivity index (χ1v) is 9.56. The predicted molar refractivity (Wildman–Crippen MR) is 108 cm³/mol. The topological polar surface area (TPSA) is 76.7 Å². The zero-order valence-electron chi connectivity index (χ0n) is 16.2. The lowest BCUT2D eigenvalue weighted by atomic mass is 10.1. The van der Waals surface area contributed by atoms with E-state index in [0.29, 0.717) is 23.5 Å². The number of benzene rings is 2. The molecule has 2 amide bonds. The molecule has 0 aromatic heterocycles. The Labute approximate surface area is 165 Å². The molecule has 0 bridgehead atoms. The van der Waals surface area contributed by atoms with Gasteiger partial charge >= 0.3 is 0 Å². The average molecular weight is 382 g/mol. The van der Waals surface area contributed by atoms with Crippen LogP contribution in [0.15, 0.2) is 48.5 Å². The number of carbonyl (C=O) groups excluding carboxylic acids is 2. The monoisotopic (exact) mass is 382 g/mol. The van der Waals surface area contributed by atoms with E-state index in [4.69, 9.17) is 9.47 Å². The number of anilines is 1. The van der Waals surface area contributed by atoms with Gasteiger partial charge in [0.15, 0.2) is 6.10 Å². The largest absolute Gasteiger partial charge is 0.481 e. The van der Waals surface area contributed by atoms with Crippen molar-refractivity contribution in [2.24, 2.45) is 0 Å². The number of hydrogen-bond acceptors (Lipinski definition) is 4. The molecule has 0 radical (unpaired) electrons. The number of nitrogens with one attached hydrogen (secondary N) is 2. The van der Waals surface area contributed by atoms with Crippen molar-refractivity contribution in [3.05, 3.63) is 59.7 Å². The number of rotatable bonds is 7. The van der Waals surface area contributed by atoms with Gasteiger partial charge in [-0.1, -0.05) is 29.8 Å². The molecule has 0 aliphatic carbocycles. The van der Waals surface area contributed by atoms with Gasteiger partial charge in [0.2, 0.25) is 0 Å². The molecule has 2 aromatic carbocycles. The van der Waals surface area contributed by atoms with E-state index in [1.54, 1.807) is 31.2 Å². The fourth-order valence-electron chi connectivity index (χ4n) is 3.01. The van der Waals surface area contributed by atoms with Gasteiger partial charge in [0.1, 0.15) is 5.75 Å². The third kappa shape index (κ3) is 5.33. The summed E-state index contributed by atoms with van der Waals surface area (Å²) in [7, 11) is 0. The van der Waals surface area contributed by atoms with Crippen molar-refractivity contribution in [3.8, 4) is 5.75 Å². The molecule has 2 N–H and O–H groups in total. The molecule has 0 saturated carbocycles. The van der Waals surface area contributed by atoms with Gasteiger partial charge in [0.05, 0.1) is 17.4 Å². The van der Waals surface area contributed by atoms with Gasteiger partial charge in [0.25, 0.3) is 11.8 Å². The van der Waals surface area contributed by atoms with Crippen LogP contribution in [0.3, 0.4) is 0 Å². The Morgan fingerprint density at radius 3 is 2.64 bits per heavy atom. The molecule has 6 heteroatoms. The van der Waals surface area contributed by atoms with Crippen molar-refractivity contribution >= 4 is 17.5 Å². The fourth-order valence-corrected chi connectivity index (χ4v) is 3.01. The molecule has 0 spiro atoms. The number of aryl methyl sites for hydroxylation is 1. The zero-order chi connectivity index (χ0) is 19.9. The Balaban J connectivity index is 1.60. The Hall–Kier alpha value is -2.86. The van der Waals surface area contributed by atoms with Crippen molar-refractivity contribution in [1.29, 1.82) is 0 Å². The van der Waals surface area contributed by atoms with Crippen LogP contribution in [0.25, 0.3) is 0 Å². The quantitative estimate of drug-likeness (QED) is 0.770. The van der Waals surface area contributed by atoms with Gasteiger partial charge in [-0.25, -0.2) is 0 Å². The molecule has 28 heavy (non-hydrogen) atoms. The lowest BCUT2D eigenvalue weighted by Crippen LogP contribution is -2.34. The van der Waals surface area contributed by atoms with E-state index < -0.39 is 6.10 Å². The lowest BCUT2D eigenvalue weighted by molar-refractivity contribution is -0.122. The summed E-state index contributed by atoms with van der Waals surface area (Å²) in [6.45, 7) is 4.87. The third-order valence-corrected chi connectivity index (χ3v) is 4.65. The van der Waals surface area contributed by atoms with Crippen LogP contribution in [-0.2, 0) is 9.53 Å². The SMILES string of the molecule is Cc1ccc(O[C@@H](C)C(=O)Nc2ccccc2C(=O)NC[C@H]2CCCO2)cc1. The summed E-state index contributed by atoms with van der Waals surface area (Å²) in [4.78, 5) is 25.1. The molecule has 2 aromatic rings. The van der Waals surface area contributed by atoms with Crippen LogP contribution in [0.4, 0.5) is 5.69 Å². The molecule has 1 aliphatic heterocycles. The number of hydrogen-bond donors (Lipinski definition) is 2. The van der Waals surface area contributed by atoms with Gasteiger partial charge in [-0.3, -0.25) is 9.59 Å². The Bertz CT molecular complexity index is 814. The van der Waals surface area contributed by atoms with Gasteiger partial charge in [-0.05, 0) is 51.0 Å². The third-order valence-electron chi connectivity index (χ3n) is 4.65. The highest BCUT2D eigenvalue weighted by atomic mass is 16.5. The Morgan fingerprint density at radius 1 is 1.18 bits per heavy atom. The van der Waals surface area contributed by atoms with Gasteiger partial charge < -0.3 is 20.1 Å². The first kappa shape index (κ1) is 19.9. The van der Waals surface area contributed by atoms with Crippen molar-refractivity contribution in [3.63, 3.8) is 0 Å². The van der Waals surface area contributed by atoms with Crippen LogP contribution in [0.5, 0.6) is 5.75 Å². The van der Waals surface area contributed by atoms with E-state index >= 15 is 0 Å². The number of ether oxygens (including phenoxy) is 2. The molecule has 1 fully saturated rings. The first-order chi connectivity index (χ1) is 13.5. The minimum Gasteiger partial charge on any atom is -0.481 e. The van der Waals surface area contributed by atoms with Crippen LogP contribution in [0.1, 0.15) is 35.7 Å². The smallest absolute Gasteiger partial charge is 0.265 e. The molecule has 1 aliphatic rings. The van der Waals surface area contributed by atoms with Crippen LogP contribution < -0.4 is 15.4 Å². The first-order valence-electron chi connectivity index (χ1n) is 9.56. The predicted octanol–water partition coefficient (Wildman–Crippen LogP) is 3.31. The second-order valence-corrected chi connectivity index (χ2v) is 6.95. The summed E-state index contributed by atoms with van der Waals surface area (Å²) in [5, 5.41) is 5.68. The number of carbonyl (C=O) groups is 2. The second kappa shape index (κ2) is 9.37. The molecule has 2 atom stereocenters. The van der Waals surface area contributed by atoms with Crippen molar-refractivity contribution in [2.75, 3.05) is 18.5 Å². The minimum atomic E-state index is -0.703. The summed E-state index contributed by atoms with van der Waals surface area (Å²) in [5.41, 5.74) is 1.99. The minimum absolute atomic E-state index is 0.0636. The van der Waals surface area contributed by atoms with Gasteiger partial charge in [-0.15, -0.1) is 0 Å². The summed E-state index contributed by atoms with van der Waals surface area (Å²) >= 11 is 0.